The molecule has 0 aliphatic carbocycles. The van der Waals surface area contributed by atoms with E-state index >= 15 is 0 Å². The number of thiophene rings is 1. The zero-order valence-electron chi connectivity index (χ0n) is 11.4. The van der Waals surface area contributed by atoms with Gasteiger partial charge in [0.05, 0.1) is 0 Å². The number of piperazine rings is 1. The number of hydrogen-bond acceptors (Lipinski definition) is 3. The van der Waals surface area contributed by atoms with Crippen LogP contribution in [0.3, 0.4) is 0 Å². The third-order valence-electron chi connectivity index (χ3n) is 3.77. The summed E-state index contributed by atoms with van der Waals surface area (Å²) in [7, 11) is 0. The van der Waals surface area contributed by atoms with Crippen LogP contribution >= 0.6 is 11.3 Å². The summed E-state index contributed by atoms with van der Waals surface area (Å²) in [5.41, 5.74) is 0. The minimum absolute atomic E-state index is 0.559. The molecule has 1 fully saturated rings. The molecule has 1 saturated heterocycles. The number of hydrogen-bond donors (Lipinski definition) is 1. The molecule has 1 aliphatic heterocycles. The monoisotopic (exact) mass is 252 g/mol. The Hall–Kier alpha value is -0.380. The van der Waals surface area contributed by atoms with Crippen molar-refractivity contribution >= 4 is 11.3 Å². The highest BCUT2D eigenvalue weighted by molar-refractivity contribution is 7.12. The molecule has 2 atom stereocenters. The second-order valence-corrected chi connectivity index (χ2v) is 6.70. The Bertz CT molecular complexity index is 359. The number of rotatable bonds is 3. The van der Waals surface area contributed by atoms with Crippen LogP contribution in [-0.4, -0.2) is 30.6 Å². The second kappa shape index (κ2) is 5.51. The molecule has 0 radical (unpaired) electrons. The van der Waals surface area contributed by atoms with Gasteiger partial charge in [0.15, 0.2) is 0 Å². The van der Waals surface area contributed by atoms with E-state index in [0.717, 1.165) is 13.1 Å². The molecule has 2 heterocycles. The summed E-state index contributed by atoms with van der Waals surface area (Å²) < 4.78 is 0. The molecular weight excluding hydrogens is 228 g/mol. The van der Waals surface area contributed by atoms with Gasteiger partial charge in [-0.05, 0) is 31.9 Å². The lowest BCUT2D eigenvalue weighted by Gasteiger charge is -2.42. The third-order valence-corrected chi connectivity index (χ3v) is 4.94. The molecule has 0 saturated carbocycles. The van der Waals surface area contributed by atoms with Crippen molar-refractivity contribution in [2.24, 2.45) is 5.92 Å². The van der Waals surface area contributed by atoms with Crippen molar-refractivity contribution in [2.75, 3.05) is 19.6 Å². The molecule has 2 unspecified atom stereocenters. The first-order valence-corrected chi connectivity index (χ1v) is 7.44. The van der Waals surface area contributed by atoms with E-state index in [2.05, 4.69) is 50.0 Å². The normalized spacial score (nSPS) is 24.2. The van der Waals surface area contributed by atoms with Gasteiger partial charge in [0.25, 0.3) is 0 Å². The predicted octanol–water partition coefficient (Wildman–Crippen LogP) is 3.05. The SMILES string of the molecule is Cc1ccc(C(C)N2CCNCC2C(C)C)s1. The number of aryl methyl sites for hydroxylation is 1. The van der Waals surface area contributed by atoms with Gasteiger partial charge in [-0.2, -0.15) is 0 Å². The molecule has 0 spiro atoms. The van der Waals surface area contributed by atoms with Gasteiger partial charge in [-0.25, -0.2) is 0 Å². The van der Waals surface area contributed by atoms with Crippen LogP contribution in [0.2, 0.25) is 0 Å². The van der Waals surface area contributed by atoms with Gasteiger partial charge in [0, 0.05) is 41.5 Å². The molecule has 0 aromatic carbocycles. The smallest absolute Gasteiger partial charge is 0.0417 e. The van der Waals surface area contributed by atoms with E-state index < -0.39 is 0 Å². The number of nitrogens with one attached hydrogen (secondary N) is 1. The fraction of sp³-hybridized carbons (Fsp3) is 0.714. The summed E-state index contributed by atoms with van der Waals surface area (Å²) in [6.45, 7) is 12.6. The maximum atomic E-state index is 3.52. The minimum Gasteiger partial charge on any atom is -0.314 e. The van der Waals surface area contributed by atoms with E-state index in [1.807, 2.05) is 11.3 Å². The highest BCUT2D eigenvalue weighted by Crippen LogP contribution is 2.30. The average molecular weight is 252 g/mol. The van der Waals surface area contributed by atoms with E-state index in [9.17, 15) is 0 Å². The quantitative estimate of drug-likeness (QED) is 0.889. The first-order valence-electron chi connectivity index (χ1n) is 6.62. The van der Waals surface area contributed by atoms with Crippen LogP contribution in [0.4, 0.5) is 0 Å². The standard InChI is InChI=1S/C14H24N2S/c1-10(2)13-9-15-7-8-16(13)12(4)14-6-5-11(3)17-14/h5-6,10,12-13,15H,7-9H2,1-4H3. The molecule has 3 heteroatoms. The minimum atomic E-state index is 0.559. The van der Waals surface area contributed by atoms with Crippen molar-refractivity contribution in [1.29, 1.82) is 0 Å². The van der Waals surface area contributed by atoms with Crippen molar-refractivity contribution in [1.82, 2.24) is 10.2 Å². The fourth-order valence-electron chi connectivity index (χ4n) is 2.68. The van der Waals surface area contributed by atoms with Crippen LogP contribution in [0.15, 0.2) is 12.1 Å². The van der Waals surface area contributed by atoms with Crippen molar-refractivity contribution < 1.29 is 0 Å². The highest BCUT2D eigenvalue weighted by atomic mass is 32.1. The molecule has 17 heavy (non-hydrogen) atoms. The van der Waals surface area contributed by atoms with Gasteiger partial charge in [0.1, 0.15) is 0 Å². The van der Waals surface area contributed by atoms with Crippen LogP contribution in [0.1, 0.15) is 36.6 Å². The molecule has 96 valence electrons. The summed E-state index contributed by atoms with van der Waals surface area (Å²) in [4.78, 5) is 5.60. The van der Waals surface area contributed by atoms with Gasteiger partial charge < -0.3 is 5.32 Å². The van der Waals surface area contributed by atoms with E-state index in [1.54, 1.807) is 0 Å². The lowest BCUT2D eigenvalue weighted by atomic mass is 9.98. The molecule has 0 amide bonds. The van der Waals surface area contributed by atoms with E-state index in [-0.39, 0.29) is 0 Å². The summed E-state index contributed by atoms with van der Waals surface area (Å²) in [5.74, 6) is 0.714. The summed E-state index contributed by atoms with van der Waals surface area (Å²) in [5, 5.41) is 3.52. The van der Waals surface area contributed by atoms with Crippen LogP contribution in [0, 0.1) is 12.8 Å². The molecule has 2 rings (SSSR count). The Balaban J connectivity index is 2.13. The second-order valence-electron chi connectivity index (χ2n) is 5.38. The lowest BCUT2D eigenvalue weighted by Crippen LogP contribution is -2.54. The molecule has 1 aliphatic rings. The van der Waals surface area contributed by atoms with Crippen LogP contribution < -0.4 is 5.32 Å². The van der Waals surface area contributed by atoms with Crippen molar-refractivity contribution in [3.8, 4) is 0 Å². The van der Waals surface area contributed by atoms with Crippen LogP contribution in [0.25, 0.3) is 0 Å². The van der Waals surface area contributed by atoms with Crippen molar-refractivity contribution in [3.63, 3.8) is 0 Å². The topological polar surface area (TPSA) is 15.3 Å². The van der Waals surface area contributed by atoms with Crippen LogP contribution in [-0.2, 0) is 0 Å². The first-order chi connectivity index (χ1) is 8.09. The van der Waals surface area contributed by atoms with Gasteiger partial charge >= 0.3 is 0 Å². The zero-order chi connectivity index (χ0) is 12.4. The molecule has 2 nitrogen and oxygen atoms in total. The summed E-state index contributed by atoms with van der Waals surface area (Å²) in [6, 6.07) is 5.76. The van der Waals surface area contributed by atoms with E-state index in [0.29, 0.717) is 18.0 Å². The Morgan fingerprint density at radius 3 is 2.71 bits per heavy atom. The van der Waals surface area contributed by atoms with Crippen molar-refractivity contribution in [2.45, 2.75) is 39.8 Å². The Labute approximate surface area is 109 Å². The van der Waals surface area contributed by atoms with E-state index in [1.165, 1.54) is 16.3 Å². The fourth-order valence-corrected chi connectivity index (χ4v) is 3.63. The molecule has 1 aromatic rings. The molecule has 1 aromatic heterocycles. The average Bonchev–Trinajstić information content (AvgIpc) is 2.75. The van der Waals surface area contributed by atoms with E-state index in [4.69, 9.17) is 0 Å². The van der Waals surface area contributed by atoms with Gasteiger partial charge in [-0.3, -0.25) is 4.90 Å². The van der Waals surface area contributed by atoms with Gasteiger partial charge in [-0.15, -0.1) is 11.3 Å². The predicted molar refractivity (Wildman–Crippen MR) is 75.7 cm³/mol. The lowest BCUT2D eigenvalue weighted by molar-refractivity contribution is 0.0859. The highest BCUT2D eigenvalue weighted by Gasteiger charge is 2.29. The summed E-state index contributed by atoms with van der Waals surface area (Å²) >= 11 is 1.94. The largest absolute Gasteiger partial charge is 0.314 e. The van der Waals surface area contributed by atoms with Gasteiger partial charge in [-0.1, -0.05) is 13.8 Å². The Kier molecular flexibility index (Phi) is 4.23. The zero-order valence-corrected chi connectivity index (χ0v) is 12.2. The maximum absolute atomic E-state index is 3.52. The molecule has 1 N–H and O–H groups in total. The Morgan fingerprint density at radius 2 is 2.12 bits per heavy atom. The molecule has 0 bridgehead atoms. The Morgan fingerprint density at radius 1 is 1.35 bits per heavy atom. The first kappa shape index (κ1) is 13.1. The van der Waals surface area contributed by atoms with Crippen molar-refractivity contribution in [3.05, 3.63) is 21.9 Å². The third kappa shape index (κ3) is 2.90. The van der Waals surface area contributed by atoms with Crippen LogP contribution in [0.5, 0.6) is 0 Å². The van der Waals surface area contributed by atoms with Gasteiger partial charge in [0.2, 0.25) is 0 Å². The summed E-state index contributed by atoms with van der Waals surface area (Å²) in [6.07, 6.45) is 0. The number of nitrogens with zero attached hydrogens (tertiary/aromatic N) is 1. The maximum Gasteiger partial charge on any atom is 0.0417 e. The molecular formula is C14H24N2S.